The average molecular weight is 293 g/mol. The van der Waals surface area contributed by atoms with Crippen molar-refractivity contribution in [3.63, 3.8) is 0 Å². The third-order valence-corrected chi connectivity index (χ3v) is 3.70. The molecule has 0 heterocycles. The van der Waals surface area contributed by atoms with Crippen LogP contribution in [0.3, 0.4) is 0 Å². The second-order valence-corrected chi connectivity index (χ2v) is 5.15. The maximum absolute atomic E-state index is 12.2. The number of benzene rings is 1. The molecule has 2 rings (SSSR count). The zero-order valence-corrected chi connectivity index (χ0v) is 12.0. The molecule has 0 spiro atoms. The van der Waals surface area contributed by atoms with Crippen molar-refractivity contribution in [3.05, 3.63) is 39.4 Å². The van der Waals surface area contributed by atoms with Crippen molar-refractivity contribution < 1.29 is 14.5 Å². The number of rotatable bonds is 5. The number of nitro benzene ring substituents is 1. The van der Waals surface area contributed by atoms with E-state index < -0.39 is 4.92 Å². The van der Waals surface area contributed by atoms with Crippen molar-refractivity contribution in [3.8, 4) is 0 Å². The molecular weight excluding hydrogens is 274 g/mol. The monoisotopic (exact) mass is 293 g/mol. The van der Waals surface area contributed by atoms with Crippen LogP contribution in [0.2, 0.25) is 0 Å². The van der Waals surface area contributed by atoms with Crippen molar-refractivity contribution in [2.24, 2.45) is 5.73 Å². The third-order valence-electron chi connectivity index (χ3n) is 3.70. The maximum Gasteiger partial charge on any atom is 0.272 e. The molecule has 21 heavy (non-hydrogen) atoms. The summed E-state index contributed by atoms with van der Waals surface area (Å²) in [5.74, 6) is -0.294. The normalized spacial score (nSPS) is 24.2. The quantitative estimate of drug-likeness (QED) is 0.625. The summed E-state index contributed by atoms with van der Waals surface area (Å²) in [6.45, 7) is 4.07. The van der Waals surface area contributed by atoms with Crippen molar-refractivity contribution in [1.82, 2.24) is 5.32 Å². The van der Waals surface area contributed by atoms with E-state index in [-0.39, 0.29) is 29.8 Å². The summed E-state index contributed by atoms with van der Waals surface area (Å²) in [6.07, 6.45) is 0.658. The van der Waals surface area contributed by atoms with Gasteiger partial charge in [0.05, 0.1) is 17.1 Å². The van der Waals surface area contributed by atoms with Crippen LogP contribution in [0.4, 0.5) is 5.69 Å². The van der Waals surface area contributed by atoms with Gasteiger partial charge in [0, 0.05) is 29.8 Å². The SMILES string of the molecule is CCOC1CC(N)C1NC(=O)c1ccc([N+](=O)[O-])c(C)c1. The number of aryl methyl sites for hydroxylation is 1. The van der Waals surface area contributed by atoms with Gasteiger partial charge in [-0.25, -0.2) is 0 Å². The molecule has 3 N–H and O–H groups in total. The fourth-order valence-corrected chi connectivity index (χ4v) is 2.46. The highest BCUT2D eigenvalue weighted by Crippen LogP contribution is 2.24. The Balaban J connectivity index is 2.07. The van der Waals surface area contributed by atoms with Gasteiger partial charge in [0.1, 0.15) is 0 Å². The molecule has 114 valence electrons. The van der Waals surface area contributed by atoms with Gasteiger partial charge in [0.15, 0.2) is 0 Å². The molecule has 7 heteroatoms. The van der Waals surface area contributed by atoms with Crippen LogP contribution < -0.4 is 11.1 Å². The lowest BCUT2D eigenvalue weighted by molar-refractivity contribution is -0.385. The molecule has 1 aromatic rings. The van der Waals surface area contributed by atoms with Crippen molar-refractivity contribution in [1.29, 1.82) is 0 Å². The van der Waals surface area contributed by atoms with Crippen LogP contribution in [0.25, 0.3) is 0 Å². The highest BCUT2D eigenvalue weighted by molar-refractivity contribution is 5.95. The summed E-state index contributed by atoms with van der Waals surface area (Å²) in [5.41, 5.74) is 6.71. The number of carbonyl (C=O) groups excluding carboxylic acids is 1. The van der Waals surface area contributed by atoms with E-state index in [4.69, 9.17) is 10.5 Å². The van der Waals surface area contributed by atoms with Crippen LogP contribution in [0, 0.1) is 17.0 Å². The first-order valence-electron chi connectivity index (χ1n) is 6.87. The summed E-state index contributed by atoms with van der Waals surface area (Å²) in [4.78, 5) is 22.5. The number of nitro groups is 1. The first-order chi connectivity index (χ1) is 9.93. The molecule has 0 aliphatic heterocycles. The van der Waals surface area contributed by atoms with E-state index in [2.05, 4.69) is 5.32 Å². The van der Waals surface area contributed by atoms with Crippen molar-refractivity contribution in [2.75, 3.05) is 6.61 Å². The smallest absolute Gasteiger partial charge is 0.272 e. The summed E-state index contributed by atoms with van der Waals surface area (Å²) < 4.78 is 5.49. The van der Waals surface area contributed by atoms with Crippen molar-refractivity contribution in [2.45, 2.75) is 38.5 Å². The number of hydrogen-bond acceptors (Lipinski definition) is 5. The first kappa shape index (κ1) is 15.4. The van der Waals surface area contributed by atoms with Crippen LogP contribution in [0.1, 0.15) is 29.3 Å². The second kappa shape index (κ2) is 6.19. The van der Waals surface area contributed by atoms with Gasteiger partial charge in [-0.05, 0) is 32.4 Å². The van der Waals surface area contributed by atoms with E-state index in [1.165, 1.54) is 18.2 Å². The summed E-state index contributed by atoms with van der Waals surface area (Å²) in [7, 11) is 0. The predicted molar refractivity (Wildman–Crippen MR) is 77.1 cm³/mol. The molecule has 1 fully saturated rings. The van der Waals surface area contributed by atoms with E-state index in [0.29, 0.717) is 17.7 Å². The van der Waals surface area contributed by atoms with Crippen LogP contribution in [0.5, 0.6) is 0 Å². The van der Waals surface area contributed by atoms with E-state index in [1.54, 1.807) is 6.92 Å². The molecule has 1 aliphatic rings. The number of ether oxygens (including phenoxy) is 1. The van der Waals surface area contributed by atoms with Gasteiger partial charge < -0.3 is 15.8 Å². The second-order valence-electron chi connectivity index (χ2n) is 5.15. The number of nitrogens with two attached hydrogens (primary N) is 1. The number of carbonyl (C=O) groups is 1. The summed E-state index contributed by atoms with van der Waals surface area (Å²) in [6, 6.07) is 3.95. The standard InChI is InChI=1S/C14H19N3O4/c1-3-21-12-7-10(15)13(12)16-14(18)9-4-5-11(17(19)20)8(2)6-9/h4-6,10,12-13H,3,7,15H2,1-2H3,(H,16,18). The fraction of sp³-hybridized carbons (Fsp3) is 0.500. The molecule has 0 radical (unpaired) electrons. The van der Waals surface area contributed by atoms with Gasteiger partial charge >= 0.3 is 0 Å². The molecule has 3 atom stereocenters. The molecular formula is C14H19N3O4. The molecule has 0 saturated heterocycles. The summed E-state index contributed by atoms with van der Waals surface area (Å²) in [5, 5.41) is 13.6. The van der Waals surface area contributed by atoms with Crippen LogP contribution >= 0.6 is 0 Å². The molecule has 0 aromatic heterocycles. The predicted octanol–water partition coefficient (Wildman–Crippen LogP) is 1.14. The highest BCUT2D eigenvalue weighted by atomic mass is 16.6. The molecule has 1 aliphatic carbocycles. The van der Waals surface area contributed by atoms with Gasteiger partial charge in [0.2, 0.25) is 0 Å². The minimum atomic E-state index is -0.468. The van der Waals surface area contributed by atoms with Crippen LogP contribution in [-0.2, 0) is 4.74 Å². The molecule has 3 unspecified atom stereocenters. The third kappa shape index (κ3) is 3.20. The molecule has 1 amide bonds. The minimum absolute atomic E-state index is 0.000844. The lowest BCUT2D eigenvalue weighted by Gasteiger charge is -2.42. The number of nitrogens with one attached hydrogen (secondary N) is 1. The number of nitrogens with zero attached hydrogens (tertiary/aromatic N) is 1. The zero-order valence-electron chi connectivity index (χ0n) is 12.0. The lowest BCUT2D eigenvalue weighted by atomic mass is 9.83. The van der Waals surface area contributed by atoms with Gasteiger partial charge in [-0.3, -0.25) is 14.9 Å². The fourth-order valence-electron chi connectivity index (χ4n) is 2.46. The average Bonchev–Trinajstić information content (AvgIpc) is 2.43. The zero-order chi connectivity index (χ0) is 15.6. The van der Waals surface area contributed by atoms with E-state index in [9.17, 15) is 14.9 Å². The van der Waals surface area contributed by atoms with E-state index >= 15 is 0 Å². The van der Waals surface area contributed by atoms with Gasteiger partial charge in [-0.1, -0.05) is 0 Å². The van der Waals surface area contributed by atoms with E-state index in [0.717, 1.165) is 6.42 Å². The highest BCUT2D eigenvalue weighted by Gasteiger charge is 2.40. The Hall–Kier alpha value is -1.99. The topological polar surface area (TPSA) is 107 Å². The maximum atomic E-state index is 12.2. The molecule has 1 saturated carbocycles. The largest absolute Gasteiger partial charge is 0.376 e. The Morgan fingerprint density at radius 2 is 2.29 bits per heavy atom. The summed E-state index contributed by atoms with van der Waals surface area (Å²) >= 11 is 0. The number of amides is 1. The molecule has 1 aromatic carbocycles. The van der Waals surface area contributed by atoms with Gasteiger partial charge in [-0.15, -0.1) is 0 Å². The van der Waals surface area contributed by atoms with Crippen molar-refractivity contribution >= 4 is 11.6 Å². The Labute approximate surface area is 122 Å². The Bertz CT molecular complexity index is 559. The molecule has 0 bridgehead atoms. The van der Waals surface area contributed by atoms with Gasteiger partial charge in [-0.2, -0.15) is 0 Å². The first-order valence-corrected chi connectivity index (χ1v) is 6.87. The Kier molecular flexibility index (Phi) is 4.54. The van der Waals surface area contributed by atoms with Crippen LogP contribution in [-0.4, -0.2) is 35.6 Å². The Morgan fingerprint density at radius 1 is 1.57 bits per heavy atom. The lowest BCUT2D eigenvalue weighted by Crippen LogP contribution is -2.64. The minimum Gasteiger partial charge on any atom is -0.376 e. The van der Waals surface area contributed by atoms with E-state index in [1.807, 2.05) is 6.92 Å². The molecule has 7 nitrogen and oxygen atoms in total. The van der Waals surface area contributed by atoms with Gasteiger partial charge in [0.25, 0.3) is 11.6 Å². The Morgan fingerprint density at radius 3 is 2.81 bits per heavy atom. The van der Waals surface area contributed by atoms with Crippen LogP contribution in [0.15, 0.2) is 18.2 Å². The number of hydrogen-bond donors (Lipinski definition) is 2.